The number of halogens is 2. The van der Waals surface area contributed by atoms with Gasteiger partial charge in [-0.3, -0.25) is 10.1 Å². The van der Waals surface area contributed by atoms with Crippen LogP contribution in [-0.2, 0) is 4.79 Å². The standard InChI is InChI=1S/C20H22F2N2O/c1-14(16-9-10-17(21)18(22)13-16)23-19(15-7-3-2-4-8-15)20(25)24-11-5-6-12-24/h2-4,7-10,13-14,19,23H,5-6,11-12H2,1H3/t14-,19-/m0/s1. The SMILES string of the molecule is C[C@H](N[C@H](C(=O)N1CCCC1)c1ccccc1)c1ccc(F)c(F)c1. The van der Waals surface area contributed by atoms with Crippen LogP contribution in [0.4, 0.5) is 8.78 Å². The molecule has 1 fully saturated rings. The van der Waals surface area contributed by atoms with Gasteiger partial charge in [-0.2, -0.15) is 0 Å². The van der Waals surface area contributed by atoms with Crippen LogP contribution in [0.1, 0.15) is 43.0 Å². The number of benzene rings is 2. The van der Waals surface area contributed by atoms with E-state index in [1.165, 1.54) is 6.07 Å². The first-order valence-electron chi connectivity index (χ1n) is 8.61. The molecular formula is C20H22F2N2O. The highest BCUT2D eigenvalue weighted by molar-refractivity contribution is 5.83. The van der Waals surface area contributed by atoms with E-state index in [2.05, 4.69) is 5.32 Å². The molecule has 1 heterocycles. The maximum absolute atomic E-state index is 13.5. The predicted octanol–water partition coefficient (Wildman–Crippen LogP) is 3.98. The van der Waals surface area contributed by atoms with E-state index >= 15 is 0 Å². The van der Waals surface area contributed by atoms with E-state index in [9.17, 15) is 13.6 Å². The van der Waals surface area contributed by atoms with Gasteiger partial charge >= 0.3 is 0 Å². The van der Waals surface area contributed by atoms with Crippen LogP contribution in [0.5, 0.6) is 0 Å². The van der Waals surface area contributed by atoms with E-state index in [0.29, 0.717) is 5.56 Å². The number of nitrogens with one attached hydrogen (secondary N) is 1. The number of hydrogen-bond donors (Lipinski definition) is 1. The Kier molecular flexibility index (Phi) is 5.43. The van der Waals surface area contributed by atoms with Crippen molar-refractivity contribution in [1.29, 1.82) is 0 Å². The normalized spacial score (nSPS) is 16.7. The largest absolute Gasteiger partial charge is 0.341 e. The number of nitrogens with zero attached hydrogens (tertiary/aromatic N) is 1. The molecule has 1 amide bonds. The third kappa shape index (κ3) is 4.04. The zero-order valence-corrected chi connectivity index (χ0v) is 14.2. The van der Waals surface area contributed by atoms with Gasteiger partial charge in [-0.05, 0) is 43.0 Å². The zero-order valence-electron chi connectivity index (χ0n) is 14.2. The van der Waals surface area contributed by atoms with Crippen molar-refractivity contribution in [2.75, 3.05) is 13.1 Å². The Labute approximate surface area is 146 Å². The van der Waals surface area contributed by atoms with Gasteiger partial charge in [-0.15, -0.1) is 0 Å². The summed E-state index contributed by atoms with van der Waals surface area (Å²) in [6.07, 6.45) is 2.04. The lowest BCUT2D eigenvalue weighted by atomic mass is 10.0. The van der Waals surface area contributed by atoms with Gasteiger partial charge in [-0.25, -0.2) is 8.78 Å². The average molecular weight is 344 g/mol. The molecule has 0 aromatic heterocycles. The average Bonchev–Trinajstić information content (AvgIpc) is 3.16. The van der Waals surface area contributed by atoms with Gasteiger partial charge in [0, 0.05) is 19.1 Å². The molecule has 25 heavy (non-hydrogen) atoms. The molecule has 3 nitrogen and oxygen atoms in total. The van der Waals surface area contributed by atoms with Gasteiger partial charge in [0.1, 0.15) is 6.04 Å². The fourth-order valence-electron chi connectivity index (χ4n) is 3.20. The summed E-state index contributed by atoms with van der Waals surface area (Å²) in [6, 6.07) is 12.5. The van der Waals surface area contributed by atoms with Crippen LogP contribution < -0.4 is 5.32 Å². The van der Waals surface area contributed by atoms with Crippen LogP contribution in [0.2, 0.25) is 0 Å². The zero-order chi connectivity index (χ0) is 17.8. The fraction of sp³-hybridized carbons (Fsp3) is 0.350. The van der Waals surface area contributed by atoms with Crippen molar-refractivity contribution in [2.45, 2.75) is 31.8 Å². The number of amides is 1. The summed E-state index contributed by atoms with van der Waals surface area (Å²) in [5, 5.41) is 3.29. The van der Waals surface area contributed by atoms with Gasteiger partial charge in [0.05, 0.1) is 0 Å². The van der Waals surface area contributed by atoms with Gasteiger partial charge in [0.25, 0.3) is 0 Å². The van der Waals surface area contributed by atoms with Crippen LogP contribution in [0.15, 0.2) is 48.5 Å². The van der Waals surface area contributed by atoms with Crippen molar-refractivity contribution in [1.82, 2.24) is 10.2 Å². The minimum absolute atomic E-state index is 0.0260. The van der Waals surface area contributed by atoms with Gasteiger partial charge in [-0.1, -0.05) is 36.4 Å². The molecule has 0 radical (unpaired) electrons. The van der Waals surface area contributed by atoms with Gasteiger partial charge < -0.3 is 4.90 Å². The highest BCUT2D eigenvalue weighted by Gasteiger charge is 2.29. The van der Waals surface area contributed by atoms with Crippen LogP contribution >= 0.6 is 0 Å². The maximum atomic E-state index is 13.5. The topological polar surface area (TPSA) is 32.3 Å². The molecule has 1 aliphatic heterocycles. The Bertz CT molecular complexity index is 730. The van der Waals surface area contributed by atoms with E-state index < -0.39 is 17.7 Å². The Morgan fingerprint density at radius 3 is 2.32 bits per heavy atom. The summed E-state index contributed by atoms with van der Waals surface area (Å²) in [7, 11) is 0. The lowest BCUT2D eigenvalue weighted by Gasteiger charge is -2.27. The second-order valence-corrected chi connectivity index (χ2v) is 6.44. The van der Waals surface area contributed by atoms with Gasteiger partial charge in [0.15, 0.2) is 11.6 Å². The first-order valence-corrected chi connectivity index (χ1v) is 8.61. The number of rotatable bonds is 5. The summed E-state index contributed by atoms with van der Waals surface area (Å²) in [4.78, 5) is 14.8. The molecule has 5 heteroatoms. The minimum atomic E-state index is -0.881. The molecule has 0 saturated carbocycles. The van der Waals surface area contributed by atoms with Crippen molar-refractivity contribution in [3.63, 3.8) is 0 Å². The molecule has 1 N–H and O–H groups in total. The second-order valence-electron chi connectivity index (χ2n) is 6.44. The molecule has 2 atom stereocenters. The molecule has 1 saturated heterocycles. The van der Waals surface area contributed by atoms with Crippen molar-refractivity contribution in [3.05, 3.63) is 71.3 Å². The second kappa shape index (κ2) is 7.74. The molecule has 3 rings (SSSR count). The molecule has 132 valence electrons. The van der Waals surface area contributed by atoms with Gasteiger partial charge in [0.2, 0.25) is 5.91 Å². The molecule has 2 aromatic rings. The third-order valence-electron chi connectivity index (χ3n) is 4.66. The monoisotopic (exact) mass is 344 g/mol. The number of carbonyl (C=O) groups excluding carboxylic acids is 1. The van der Waals surface area contributed by atoms with Crippen LogP contribution in [-0.4, -0.2) is 23.9 Å². The molecule has 0 aliphatic carbocycles. The van der Waals surface area contributed by atoms with E-state index in [1.54, 1.807) is 6.07 Å². The Balaban J connectivity index is 1.83. The predicted molar refractivity (Wildman–Crippen MR) is 92.9 cm³/mol. The van der Waals surface area contributed by atoms with E-state index in [-0.39, 0.29) is 11.9 Å². The quantitative estimate of drug-likeness (QED) is 0.890. The number of likely N-dealkylation sites (tertiary alicyclic amines) is 1. The summed E-state index contributed by atoms with van der Waals surface area (Å²) < 4.78 is 26.7. The molecular weight excluding hydrogens is 322 g/mol. The van der Waals surface area contributed by atoms with E-state index in [4.69, 9.17) is 0 Å². The molecule has 0 unspecified atom stereocenters. The van der Waals surface area contributed by atoms with Crippen LogP contribution in [0.25, 0.3) is 0 Å². The lowest BCUT2D eigenvalue weighted by Crippen LogP contribution is -2.40. The molecule has 0 bridgehead atoms. The number of carbonyl (C=O) groups is 1. The maximum Gasteiger partial charge on any atom is 0.244 e. The smallest absolute Gasteiger partial charge is 0.244 e. The van der Waals surface area contributed by atoms with Crippen LogP contribution in [0.3, 0.4) is 0 Å². The summed E-state index contributed by atoms with van der Waals surface area (Å²) in [5.41, 5.74) is 1.47. The molecule has 0 spiro atoms. The summed E-state index contributed by atoms with van der Waals surface area (Å²) in [5.74, 6) is -1.73. The van der Waals surface area contributed by atoms with Crippen LogP contribution in [0, 0.1) is 11.6 Å². The number of hydrogen-bond acceptors (Lipinski definition) is 2. The highest BCUT2D eigenvalue weighted by Crippen LogP contribution is 2.24. The molecule has 1 aliphatic rings. The van der Waals surface area contributed by atoms with Crippen molar-refractivity contribution >= 4 is 5.91 Å². The van der Waals surface area contributed by atoms with Crippen molar-refractivity contribution in [2.24, 2.45) is 0 Å². The van der Waals surface area contributed by atoms with Crippen molar-refractivity contribution < 1.29 is 13.6 Å². The Morgan fingerprint density at radius 2 is 1.68 bits per heavy atom. The fourth-order valence-corrected chi connectivity index (χ4v) is 3.20. The summed E-state index contributed by atoms with van der Waals surface area (Å²) in [6.45, 7) is 3.38. The first kappa shape index (κ1) is 17.5. The van der Waals surface area contributed by atoms with Crippen molar-refractivity contribution in [3.8, 4) is 0 Å². The third-order valence-corrected chi connectivity index (χ3v) is 4.66. The highest BCUT2D eigenvalue weighted by atomic mass is 19.2. The Hall–Kier alpha value is -2.27. The van der Waals surface area contributed by atoms with E-state index in [0.717, 1.165) is 37.6 Å². The van der Waals surface area contributed by atoms with E-state index in [1.807, 2.05) is 42.2 Å². The lowest BCUT2D eigenvalue weighted by molar-refractivity contribution is -0.132. The summed E-state index contributed by atoms with van der Waals surface area (Å²) >= 11 is 0. The first-order chi connectivity index (χ1) is 12.1. The minimum Gasteiger partial charge on any atom is -0.341 e. The molecule has 2 aromatic carbocycles. The Morgan fingerprint density at radius 1 is 1.00 bits per heavy atom.